The van der Waals surface area contributed by atoms with Crippen molar-refractivity contribution in [1.82, 2.24) is 30.3 Å². The van der Waals surface area contributed by atoms with Crippen LogP contribution < -0.4 is 0 Å². The molecule has 0 aliphatic carbocycles. The van der Waals surface area contributed by atoms with E-state index in [4.69, 9.17) is 19.2 Å². The Morgan fingerprint density at radius 3 is 2.73 bits per heavy atom. The van der Waals surface area contributed by atoms with Crippen molar-refractivity contribution >= 4 is 12.4 Å². The van der Waals surface area contributed by atoms with Gasteiger partial charge >= 0.3 is 0 Å². The average molecular weight is 366 g/mol. The third-order valence-corrected chi connectivity index (χ3v) is 4.13. The molecule has 0 saturated carbocycles. The molecule has 11 heteroatoms. The number of hydrogen-bond donors (Lipinski definition) is 1. The second kappa shape index (κ2) is 9.04. The van der Waals surface area contributed by atoms with Crippen molar-refractivity contribution in [2.75, 3.05) is 19.7 Å². The maximum atomic E-state index is 12.5. The van der Waals surface area contributed by atoms with Gasteiger partial charge in [0, 0.05) is 25.6 Å². The lowest BCUT2D eigenvalue weighted by atomic mass is 10.1. The number of hydrogen-bond acceptors (Lipinski definition) is 8. The van der Waals surface area contributed by atoms with Gasteiger partial charge in [0.15, 0.2) is 5.82 Å². The summed E-state index contributed by atoms with van der Waals surface area (Å²) in [6.07, 6.45) is 0.770. The fourth-order valence-corrected chi connectivity index (χ4v) is 2.79. The minimum atomic E-state index is -0.285. The monoisotopic (exact) mass is 366 g/mol. The predicted molar refractivity (Wildman–Crippen MR) is 87.1 cm³/mol. The maximum Gasteiger partial charge on any atom is 0.290 e. The highest BCUT2D eigenvalue weighted by atomic mass is 16.5. The van der Waals surface area contributed by atoms with Gasteiger partial charge in [0.1, 0.15) is 11.9 Å². The first kappa shape index (κ1) is 19.5. The quantitative estimate of drug-likeness (QED) is 0.744. The van der Waals surface area contributed by atoms with Crippen LogP contribution in [0.5, 0.6) is 0 Å². The van der Waals surface area contributed by atoms with Gasteiger partial charge in [-0.1, -0.05) is 5.16 Å². The molecule has 1 atom stereocenters. The van der Waals surface area contributed by atoms with Crippen molar-refractivity contribution in [2.24, 2.45) is 7.05 Å². The molecular formula is C15H22N6O5. The van der Waals surface area contributed by atoms with Gasteiger partial charge in [-0.2, -0.15) is 0 Å². The van der Waals surface area contributed by atoms with Crippen molar-refractivity contribution < 1.29 is 24.0 Å². The molecule has 1 N–H and O–H groups in total. The number of ether oxygens (including phenoxy) is 1. The van der Waals surface area contributed by atoms with Crippen LogP contribution in [0.25, 0.3) is 0 Å². The van der Waals surface area contributed by atoms with Gasteiger partial charge < -0.3 is 19.3 Å². The molecule has 1 aliphatic rings. The first-order valence-corrected chi connectivity index (χ1v) is 8.09. The molecular weight excluding hydrogens is 344 g/mol. The van der Waals surface area contributed by atoms with E-state index in [1.54, 1.807) is 16.6 Å². The molecule has 1 amide bonds. The molecule has 0 bridgehead atoms. The van der Waals surface area contributed by atoms with Crippen LogP contribution in [0.3, 0.4) is 0 Å². The number of amides is 1. The summed E-state index contributed by atoms with van der Waals surface area (Å²) >= 11 is 0. The van der Waals surface area contributed by atoms with Crippen LogP contribution in [0, 0.1) is 13.8 Å². The van der Waals surface area contributed by atoms with Crippen LogP contribution in [-0.2, 0) is 27.8 Å². The van der Waals surface area contributed by atoms with Gasteiger partial charge in [-0.25, -0.2) is 4.68 Å². The molecule has 1 fully saturated rings. The van der Waals surface area contributed by atoms with E-state index < -0.39 is 0 Å². The molecule has 2 aromatic rings. The summed E-state index contributed by atoms with van der Waals surface area (Å²) in [5.74, 6) is 1.50. The molecule has 0 radical (unpaired) electrons. The van der Waals surface area contributed by atoms with E-state index in [1.165, 1.54) is 0 Å². The molecule has 0 spiro atoms. The molecule has 1 unspecified atom stereocenters. The lowest BCUT2D eigenvalue weighted by molar-refractivity contribution is -0.139. The van der Waals surface area contributed by atoms with E-state index in [1.807, 2.05) is 13.8 Å². The number of aromatic nitrogens is 5. The van der Waals surface area contributed by atoms with Gasteiger partial charge in [0.25, 0.3) is 6.47 Å². The molecule has 1 saturated heterocycles. The second-order valence-electron chi connectivity index (χ2n) is 5.77. The number of morpholine rings is 1. The molecule has 3 heterocycles. The van der Waals surface area contributed by atoms with Crippen LogP contribution in [-0.4, -0.2) is 67.4 Å². The van der Waals surface area contributed by atoms with E-state index in [9.17, 15) is 4.79 Å². The van der Waals surface area contributed by atoms with Crippen LogP contribution >= 0.6 is 0 Å². The molecule has 3 rings (SSSR count). The Morgan fingerprint density at radius 2 is 2.15 bits per heavy atom. The highest BCUT2D eigenvalue weighted by Gasteiger charge is 2.28. The summed E-state index contributed by atoms with van der Waals surface area (Å²) in [7, 11) is 1.76. The third kappa shape index (κ3) is 4.63. The number of tetrazole rings is 1. The van der Waals surface area contributed by atoms with E-state index >= 15 is 0 Å². The fourth-order valence-electron chi connectivity index (χ4n) is 2.79. The molecule has 142 valence electrons. The molecule has 11 nitrogen and oxygen atoms in total. The topological polar surface area (TPSA) is 136 Å². The summed E-state index contributed by atoms with van der Waals surface area (Å²) < 4.78 is 12.4. The molecule has 26 heavy (non-hydrogen) atoms. The number of aryl methyl sites for hydroxylation is 3. The van der Waals surface area contributed by atoms with E-state index in [0.29, 0.717) is 38.4 Å². The number of carboxylic acid groups (broad SMARTS) is 1. The summed E-state index contributed by atoms with van der Waals surface area (Å²) in [5, 5.41) is 22.2. The standard InChI is InChI=1S/C14H20N6O3.CH2O2/c1-9-11(10(2)23-16-9)4-5-13(21)20-6-7-22-12(8-20)14-15-17-18-19(14)3;2-1-3/h12H,4-8H2,1-3H3;1H,(H,2,3). The maximum absolute atomic E-state index is 12.5. The van der Waals surface area contributed by atoms with Crippen LogP contribution in [0.15, 0.2) is 4.52 Å². The predicted octanol–water partition coefficient (Wildman–Crippen LogP) is 0.0484. The van der Waals surface area contributed by atoms with Gasteiger partial charge in [-0.15, -0.1) is 5.10 Å². The van der Waals surface area contributed by atoms with Gasteiger partial charge in [-0.3, -0.25) is 9.59 Å². The zero-order valence-electron chi connectivity index (χ0n) is 15.0. The fraction of sp³-hybridized carbons (Fsp3) is 0.600. The zero-order chi connectivity index (χ0) is 19.1. The van der Waals surface area contributed by atoms with Gasteiger partial charge in [0.05, 0.1) is 18.8 Å². The highest BCUT2D eigenvalue weighted by molar-refractivity contribution is 5.76. The lowest BCUT2D eigenvalue weighted by Crippen LogP contribution is -2.43. The first-order valence-electron chi connectivity index (χ1n) is 8.09. The highest BCUT2D eigenvalue weighted by Crippen LogP contribution is 2.21. The van der Waals surface area contributed by atoms with E-state index in [-0.39, 0.29) is 18.5 Å². The van der Waals surface area contributed by atoms with Crippen molar-refractivity contribution in [3.05, 3.63) is 22.8 Å². The Kier molecular flexibility index (Phi) is 6.78. The van der Waals surface area contributed by atoms with Crippen LogP contribution in [0.4, 0.5) is 0 Å². The van der Waals surface area contributed by atoms with Gasteiger partial charge in [-0.05, 0) is 30.7 Å². The Bertz CT molecular complexity index is 723. The Hall–Kier alpha value is -2.82. The smallest absolute Gasteiger partial charge is 0.290 e. The SMILES string of the molecule is Cc1noc(C)c1CCC(=O)N1CCOC(c2nnnn2C)C1.O=CO. The van der Waals surface area contributed by atoms with Crippen LogP contribution in [0.2, 0.25) is 0 Å². The number of carbonyl (C=O) groups is 2. The number of carbonyl (C=O) groups excluding carboxylic acids is 1. The van der Waals surface area contributed by atoms with Crippen molar-refractivity contribution in [3.63, 3.8) is 0 Å². The Morgan fingerprint density at radius 1 is 1.42 bits per heavy atom. The Labute approximate surface area is 149 Å². The van der Waals surface area contributed by atoms with Crippen molar-refractivity contribution in [2.45, 2.75) is 32.8 Å². The zero-order valence-corrected chi connectivity index (χ0v) is 15.0. The lowest BCUT2D eigenvalue weighted by Gasteiger charge is -2.32. The molecule has 1 aliphatic heterocycles. The normalized spacial score (nSPS) is 16.7. The number of rotatable bonds is 4. The van der Waals surface area contributed by atoms with E-state index in [2.05, 4.69) is 20.7 Å². The summed E-state index contributed by atoms with van der Waals surface area (Å²) in [5.41, 5.74) is 1.86. The first-order chi connectivity index (χ1) is 12.5. The van der Waals surface area contributed by atoms with Crippen LogP contribution in [0.1, 0.15) is 35.4 Å². The summed E-state index contributed by atoms with van der Waals surface area (Å²) in [6.45, 7) is 5.04. The minimum absolute atomic E-state index is 0.0911. The third-order valence-electron chi connectivity index (χ3n) is 4.13. The van der Waals surface area contributed by atoms with Crippen molar-refractivity contribution in [3.8, 4) is 0 Å². The largest absolute Gasteiger partial charge is 0.483 e. The van der Waals surface area contributed by atoms with E-state index in [0.717, 1.165) is 17.0 Å². The van der Waals surface area contributed by atoms with Gasteiger partial charge in [0.2, 0.25) is 5.91 Å². The van der Waals surface area contributed by atoms with Crippen molar-refractivity contribution in [1.29, 1.82) is 0 Å². The molecule has 2 aromatic heterocycles. The molecule has 0 aromatic carbocycles. The minimum Gasteiger partial charge on any atom is -0.483 e. The summed E-state index contributed by atoms with van der Waals surface area (Å²) in [4.78, 5) is 22.6. The second-order valence-corrected chi connectivity index (χ2v) is 5.77. The number of nitrogens with zero attached hydrogens (tertiary/aromatic N) is 6. The average Bonchev–Trinajstić information content (AvgIpc) is 3.19. The Balaban J connectivity index is 0.000000758. The summed E-state index contributed by atoms with van der Waals surface area (Å²) in [6, 6.07) is 0.